The molecular weight excluding hydrogens is 192 g/mol. The maximum atomic E-state index is 5.74. The minimum Gasteiger partial charge on any atom is -0.346 e. The largest absolute Gasteiger partial charge is 0.346 e. The fraction of sp³-hybridized carbons (Fsp3) is 0.625. The summed E-state index contributed by atoms with van der Waals surface area (Å²) >= 11 is 7.33. The van der Waals surface area contributed by atoms with Crippen LogP contribution in [0.15, 0.2) is 5.38 Å². The van der Waals surface area contributed by atoms with Gasteiger partial charge in [0.15, 0.2) is 5.13 Å². The van der Waals surface area contributed by atoms with Crippen molar-refractivity contribution in [2.45, 2.75) is 26.8 Å². The molecule has 68 valence electrons. The summed E-state index contributed by atoms with van der Waals surface area (Å²) in [6.45, 7) is 7.40. The molecule has 4 heteroatoms. The van der Waals surface area contributed by atoms with E-state index in [4.69, 9.17) is 11.6 Å². The Hall–Kier alpha value is -0.280. The molecule has 0 unspecified atom stereocenters. The van der Waals surface area contributed by atoms with E-state index in [2.05, 4.69) is 30.7 Å². The van der Waals surface area contributed by atoms with Gasteiger partial charge in [0.1, 0.15) is 5.15 Å². The molecule has 1 aromatic heterocycles. The Morgan fingerprint density at radius 2 is 2.33 bits per heavy atom. The third kappa shape index (κ3) is 2.11. The molecule has 0 aliphatic carbocycles. The van der Waals surface area contributed by atoms with Gasteiger partial charge in [0.05, 0.1) is 0 Å². The van der Waals surface area contributed by atoms with Gasteiger partial charge in [0.2, 0.25) is 0 Å². The first-order valence-electron chi connectivity index (χ1n) is 4.02. The van der Waals surface area contributed by atoms with Crippen LogP contribution in [0.1, 0.15) is 20.8 Å². The van der Waals surface area contributed by atoms with E-state index < -0.39 is 0 Å². The third-order valence-corrected chi connectivity index (χ3v) is 2.87. The van der Waals surface area contributed by atoms with Crippen molar-refractivity contribution in [3.63, 3.8) is 0 Å². The maximum Gasteiger partial charge on any atom is 0.186 e. The molecule has 0 N–H and O–H groups in total. The molecule has 0 spiro atoms. The van der Waals surface area contributed by atoms with Crippen molar-refractivity contribution in [2.75, 3.05) is 11.4 Å². The predicted molar refractivity (Wildman–Crippen MR) is 55.3 cm³/mol. The Kier molecular flexibility index (Phi) is 3.35. The van der Waals surface area contributed by atoms with Crippen LogP contribution in [0, 0.1) is 0 Å². The third-order valence-electron chi connectivity index (χ3n) is 1.67. The standard InChI is InChI=1S/C8H13ClN2S/c1-4-11(6(2)3)8-10-7(9)5-12-8/h5-6H,4H2,1-3H3. The molecule has 0 saturated heterocycles. The summed E-state index contributed by atoms with van der Waals surface area (Å²) in [5.41, 5.74) is 0. The van der Waals surface area contributed by atoms with Gasteiger partial charge in [-0.2, -0.15) is 0 Å². The van der Waals surface area contributed by atoms with Crippen LogP contribution in [0.4, 0.5) is 5.13 Å². The van der Waals surface area contributed by atoms with E-state index in [1.165, 1.54) is 0 Å². The molecule has 0 aliphatic heterocycles. The summed E-state index contributed by atoms with van der Waals surface area (Å²) in [7, 11) is 0. The van der Waals surface area contributed by atoms with Crippen molar-refractivity contribution >= 4 is 28.1 Å². The Labute approximate surface area is 82.2 Å². The van der Waals surface area contributed by atoms with Gasteiger partial charge in [0.25, 0.3) is 0 Å². The smallest absolute Gasteiger partial charge is 0.186 e. The first-order valence-corrected chi connectivity index (χ1v) is 5.28. The molecule has 1 heterocycles. The van der Waals surface area contributed by atoms with E-state index in [0.717, 1.165) is 11.7 Å². The summed E-state index contributed by atoms with van der Waals surface area (Å²) in [6, 6.07) is 0.484. The van der Waals surface area contributed by atoms with Crippen molar-refractivity contribution in [1.29, 1.82) is 0 Å². The topological polar surface area (TPSA) is 16.1 Å². The minimum absolute atomic E-state index is 0.484. The quantitative estimate of drug-likeness (QED) is 0.753. The van der Waals surface area contributed by atoms with Gasteiger partial charge in [-0.05, 0) is 20.8 Å². The van der Waals surface area contributed by atoms with E-state index in [1.807, 2.05) is 5.38 Å². The van der Waals surface area contributed by atoms with Gasteiger partial charge >= 0.3 is 0 Å². The SMILES string of the molecule is CCN(c1nc(Cl)cs1)C(C)C. The lowest BCUT2D eigenvalue weighted by Gasteiger charge is -2.23. The number of hydrogen-bond donors (Lipinski definition) is 0. The van der Waals surface area contributed by atoms with Gasteiger partial charge in [-0.1, -0.05) is 11.6 Å². The van der Waals surface area contributed by atoms with Gasteiger partial charge in [-0.25, -0.2) is 4.98 Å². The average molecular weight is 205 g/mol. The number of aromatic nitrogens is 1. The number of hydrogen-bond acceptors (Lipinski definition) is 3. The first kappa shape index (κ1) is 9.81. The molecule has 12 heavy (non-hydrogen) atoms. The van der Waals surface area contributed by atoms with Crippen LogP contribution in [0.2, 0.25) is 5.15 Å². The summed E-state index contributed by atoms with van der Waals surface area (Å²) in [5, 5.41) is 3.47. The summed E-state index contributed by atoms with van der Waals surface area (Å²) in [4.78, 5) is 6.43. The molecule has 0 atom stereocenters. The molecule has 0 bridgehead atoms. The van der Waals surface area contributed by atoms with Gasteiger partial charge in [0, 0.05) is 18.0 Å². The summed E-state index contributed by atoms with van der Waals surface area (Å²) < 4.78 is 0. The Balaban J connectivity index is 2.80. The highest BCUT2D eigenvalue weighted by molar-refractivity contribution is 7.14. The van der Waals surface area contributed by atoms with Crippen LogP contribution in [0.25, 0.3) is 0 Å². The second-order valence-corrected chi connectivity index (χ2v) is 4.06. The van der Waals surface area contributed by atoms with Gasteiger partial charge < -0.3 is 4.90 Å². The van der Waals surface area contributed by atoms with Crippen LogP contribution < -0.4 is 4.90 Å². The van der Waals surface area contributed by atoms with Crippen LogP contribution in [-0.4, -0.2) is 17.6 Å². The van der Waals surface area contributed by atoms with Crippen molar-refractivity contribution in [2.24, 2.45) is 0 Å². The lowest BCUT2D eigenvalue weighted by atomic mass is 10.3. The second kappa shape index (κ2) is 4.10. The number of anilines is 1. The molecule has 2 nitrogen and oxygen atoms in total. The number of nitrogens with zero attached hydrogens (tertiary/aromatic N) is 2. The highest BCUT2D eigenvalue weighted by Crippen LogP contribution is 2.24. The van der Waals surface area contributed by atoms with Crippen LogP contribution in [0.5, 0.6) is 0 Å². The molecule has 1 rings (SSSR count). The molecule has 1 aromatic rings. The fourth-order valence-corrected chi connectivity index (χ4v) is 2.24. The number of rotatable bonds is 3. The van der Waals surface area contributed by atoms with Crippen molar-refractivity contribution in [3.05, 3.63) is 10.5 Å². The van der Waals surface area contributed by atoms with E-state index in [1.54, 1.807) is 11.3 Å². The molecule has 0 radical (unpaired) electrons. The second-order valence-electron chi connectivity index (χ2n) is 2.83. The Morgan fingerprint density at radius 3 is 2.67 bits per heavy atom. The number of halogens is 1. The van der Waals surface area contributed by atoms with E-state index in [9.17, 15) is 0 Å². The minimum atomic E-state index is 0.484. The van der Waals surface area contributed by atoms with Crippen molar-refractivity contribution < 1.29 is 0 Å². The predicted octanol–water partition coefficient (Wildman–Crippen LogP) is 3.03. The van der Waals surface area contributed by atoms with Gasteiger partial charge in [-0.15, -0.1) is 11.3 Å². The van der Waals surface area contributed by atoms with Crippen molar-refractivity contribution in [1.82, 2.24) is 4.98 Å². The zero-order chi connectivity index (χ0) is 9.14. The molecule has 0 aromatic carbocycles. The highest BCUT2D eigenvalue weighted by Gasteiger charge is 2.11. The Morgan fingerprint density at radius 1 is 1.67 bits per heavy atom. The number of thiazole rings is 1. The molecule has 0 amide bonds. The summed E-state index contributed by atoms with van der Waals surface area (Å²) in [5.74, 6) is 0. The lowest BCUT2D eigenvalue weighted by Crippen LogP contribution is -2.30. The lowest BCUT2D eigenvalue weighted by molar-refractivity contribution is 0.701. The van der Waals surface area contributed by atoms with E-state index in [0.29, 0.717) is 11.2 Å². The normalized spacial score (nSPS) is 10.8. The molecule has 0 aliphatic rings. The van der Waals surface area contributed by atoms with Crippen LogP contribution in [0.3, 0.4) is 0 Å². The van der Waals surface area contributed by atoms with Crippen molar-refractivity contribution in [3.8, 4) is 0 Å². The highest BCUT2D eigenvalue weighted by atomic mass is 35.5. The fourth-order valence-electron chi connectivity index (χ4n) is 1.10. The molecule has 0 saturated carbocycles. The van der Waals surface area contributed by atoms with Crippen LogP contribution >= 0.6 is 22.9 Å². The summed E-state index contributed by atoms with van der Waals surface area (Å²) in [6.07, 6.45) is 0. The first-order chi connectivity index (χ1) is 5.65. The zero-order valence-corrected chi connectivity index (χ0v) is 9.11. The van der Waals surface area contributed by atoms with E-state index >= 15 is 0 Å². The molecule has 0 fully saturated rings. The maximum absolute atomic E-state index is 5.74. The zero-order valence-electron chi connectivity index (χ0n) is 7.54. The van der Waals surface area contributed by atoms with Crippen LogP contribution in [-0.2, 0) is 0 Å². The van der Waals surface area contributed by atoms with Gasteiger partial charge in [-0.3, -0.25) is 0 Å². The Bertz CT molecular complexity index is 247. The monoisotopic (exact) mass is 204 g/mol. The molecular formula is C8H13ClN2S. The average Bonchev–Trinajstić information content (AvgIpc) is 2.37. The van der Waals surface area contributed by atoms with E-state index in [-0.39, 0.29) is 0 Å².